The van der Waals surface area contributed by atoms with Gasteiger partial charge in [-0.15, -0.1) is 0 Å². The number of benzene rings is 2. The molecule has 2 aromatic rings. The number of hydrogen-bond donors (Lipinski definition) is 1. The van der Waals surface area contributed by atoms with Crippen LogP contribution in [0.4, 0.5) is 17.6 Å². The smallest absolute Gasteiger partial charge is 0.344 e. The lowest BCUT2D eigenvalue weighted by molar-refractivity contribution is -0.167. The Labute approximate surface area is 190 Å². The molecule has 0 spiro atoms. The highest BCUT2D eigenvalue weighted by molar-refractivity contribution is 6.10. The number of nitrogens with zero attached hydrogens (tertiary/aromatic N) is 1. The number of amides is 1. The summed E-state index contributed by atoms with van der Waals surface area (Å²) in [6.07, 6.45) is -3.22. The van der Waals surface area contributed by atoms with E-state index in [4.69, 9.17) is 0 Å². The zero-order valence-electron chi connectivity index (χ0n) is 18.1. The molecule has 3 saturated heterocycles. The summed E-state index contributed by atoms with van der Waals surface area (Å²) in [5.74, 6) is -1.51. The fraction of sp³-hybridized carbons (Fsp3) is 0.440. The van der Waals surface area contributed by atoms with Crippen LogP contribution in [-0.4, -0.2) is 48.4 Å². The molecular weight excluding hydrogens is 436 g/mol. The zero-order valence-corrected chi connectivity index (χ0v) is 18.1. The van der Waals surface area contributed by atoms with Gasteiger partial charge in [0.05, 0.1) is 6.42 Å². The van der Waals surface area contributed by atoms with Crippen LogP contribution in [0.3, 0.4) is 0 Å². The first-order chi connectivity index (χ1) is 15.7. The molecule has 33 heavy (non-hydrogen) atoms. The van der Waals surface area contributed by atoms with E-state index < -0.39 is 29.7 Å². The molecule has 1 amide bonds. The molecule has 1 unspecified atom stereocenters. The largest absolute Gasteiger partial charge is 0.408 e. The second-order valence-electron chi connectivity index (χ2n) is 8.97. The van der Waals surface area contributed by atoms with Crippen molar-refractivity contribution in [2.24, 2.45) is 11.8 Å². The molecule has 0 aliphatic carbocycles. The molecular formula is C25H26F4N2O2. The Kier molecular flexibility index (Phi) is 6.83. The summed E-state index contributed by atoms with van der Waals surface area (Å²) in [6, 6.07) is 9.37. The van der Waals surface area contributed by atoms with Crippen LogP contribution in [0.25, 0.3) is 0 Å². The summed E-state index contributed by atoms with van der Waals surface area (Å²) in [6.45, 7) is 2.51. The van der Waals surface area contributed by atoms with E-state index in [2.05, 4.69) is 10.2 Å². The van der Waals surface area contributed by atoms with Crippen LogP contribution in [0.2, 0.25) is 0 Å². The number of fused-ring (bicyclic) bond motifs is 3. The van der Waals surface area contributed by atoms with Crippen molar-refractivity contribution in [3.8, 4) is 0 Å². The SMILES string of the molecule is O=C(Cc1ccccc1C(=O)c1ccc(F)cc1)NC(C[C@H]1CN2CCC1CC2)C(F)(F)F. The van der Waals surface area contributed by atoms with E-state index in [0.29, 0.717) is 12.1 Å². The molecule has 3 aliphatic heterocycles. The Morgan fingerprint density at radius 2 is 1.70 bits per heavy atom. The lowest BCUT2D eigenvalue weighted by atomic mass is 9.76. The topological polar surface area (TPSA) is 49.4 Å². The fourth-order valence-corrected chi connectivity index (χ4v) is 5.00. The molecule has 176 valence electrons. The average molecular weight is 462 g/mol. The van der Waals surface area contributed by atoms with Gasteiger partial charge in [0.2, 0.25) is 5.91 Å². The lowest BCUT2D eigenvalue weighted by Gasteiger charge is -2.46. The number of halogens is 4. The molecule has 3 aliphatic rings. The summed E-state index contributed by atoms with van der Waals surface area (Å²) >= 11 is 0. The molecule has 4 nitrogen and oxygen atoms in total. The lowest BCUT2D eigenvalue weighted by Crippen LogP contribution is -2.53. The van der Waals surface area contributed by atoms with Gasteiger partial charge in [0.1, 0.15) is 11.9 Å². The molecule has 2 bridgehead atoms. The van der Waals surface area contributed by atoms with Gasteiger partial charge in [-0.2, -0.15) is 13.2 Å². The second-order valence-corrected chi connectivity index (χ2v) is 8.97. The molecule has 2 aromatic carbocycles. The maximum absolute atomic E-state index is 13.8. The minimum atomic E-state index is -4.55. The zero-order chi connectivity index (χ0) is 23.6. The molecule has 0 radical (unpaired) electrons. The van der Waals surface area contributed by atoms with E-state index in [1.807, 2.05) is 0 Å². The first-order valence-electron chi connectivity index (χ1n) is 11.2. The van der Waals surface area contributed by atoms with Gasteiger partial charge in [-0.05, 0) is 74.0 Å². The van der Waals surface area contributed by atoms with Crippen LogP contribution in [0.15, 0.2) is 48.5 Å². The summed E-state index contributed by atoms with van der Waals surface area (Å²) in [7, 11) is 0. The standard InChI is InChI=1S/C25H26F4N2O2/c26-20-7-5-17(6-8-20)24(33)21-4-2-1-3-18(21)14-23(32)30-22(25(27,28)29)13-19-15-31-11-9-16(19)10-12-31/h1-8,16,19,22H,9-15H2,(H,30,32)/t19-,22?/m0/s1. The normalized spacial score (nSPS) is 23.2. The van der Waals surface area contributed by atoms with Crippen molar-refractivity contribution in [2.45, 2.75) is 37.9 Å². The van der Waals surface area contributed by atoms with Crippen LogP contribution in [-0.2, 0) is 11.2 Å². The third-order valence-electron chi connectivity index (χ3n) is 6.78. The van der Waals surface area contributed by atoms with Gasteiger partial charge in [-0.1, -0.05) is 24.3 Å². The Bertz CT molecular complexity index is 998. The van der Waals surface area contributed by atoms with Crippen molar-refractivity contribution in [1.82, 2.24) is 10.2 Å². The molecule has 3 fully saturated rings. The number of piperidine rings is 3. The van der Waals surface area contributed by atoms with Crippen LogP contribution in [0.5, 0.6) is 0 Å². The third kappa shape index (κ3) is 5.61. The van der Waals surface area contributed by atoms with Gasteiger partial charge in [0.25, 0.3) is 0 Å². The van der Waals surface area contributed by atoms with E-state index in [0.717, 1.165) is 38.1 Å². The number of hydrogen-bond acceptors (Lipinski definition) is 3. The Morgan fingerprint density at radius 1 is 1.03 bits per heavy atom. The highest BCUT2D eigenvalue weighted by Gasteiger charge is 2.45. The predicted molar refractivity (Wildman–Crippen MR) is 115 cm³/mol. The monoisotopic (exact) mass is 462 g/mol. The summed E-state index contributed by atoms with van der Waals surface area (Å²) in [5.41, 5.74) is 0.771. The van der Waals surface area contributed by atoms with Crippen molar-refractivity contribution in [3.63, 3.8) is 0 Å². The Balaban J connectivity index is 1.46. The molecule has 0 aromatic heterocycles. The quantitative estimate of drug-likeness (QED) is 0.491. The molecule has 3 heterocycles. The first kappa shape index (κ1) is 23.4. The van der Waals surface area contributed by atoms with Crippen molar-refractivity contribution < 1.29 is 27.2 Å². The van der Waals surface area contributed by atoms with Gasteiger partial charge in [-0.3, -0.25) is 9.59 Å². The van der Waals surface area contributed by atoms with Gasteiger partial charge in [-0.25, -0.2) is 4.39 Å². The van der Waals surface area contributed by atoms with E-state index in [1.54, 1.807) is 18.2 Å². The van der Waals surface area contributed by atoms with Gasteiger partial charge >= 0.3 is 6.18 Å². The number of ketones is 1. The third-order valence-corrected chi connectivity index (χ3v) is 6.78. The average Bonchev–Trinajstić information content (AvgIpc) is 2.79. The number of rotatable bonds is 7. The number of carbonyl (C=O) groups excluding carboxylic acids is 2. The minimum absolute atomic E-state index is 0.0910. The molecule has 5 rings (SSSR count). The van der Waals surface area contributed by atoms with Crippen molar-refractivity contribution in [1.29, 1.82) is 0 Å². The van der Waals surface area contributed by atoms with Crippen molar-refractivity contribution in [3.05, 3.63) is 71.0 Å². The van der Waals surface area contributed by atoms with E-state index >= 15 is 0 Å². The predicted octanol–water partition coefficient (Wildman–Crippen LogP) is 4.38. The fourth-order valence-electron chi connectivity index (χ4n) is 5.00. The maximum Gasteiger partial charge on any atom is 0.408 e. The van der Waals surface area contributed by atoms with Crippen molar-refractivity contribution >= 4 is 11.7 Å². The van der Waals surface area contributed by atoms with Gasteiger partial charge in [0, 0.05) is 17.7 Å². The maximum atomic E-state index is 13.8. The first-order valence-corrected chi connectivity index (χ1v) is 11.2. The van der Waals surface area contributed by atoms with E-state index in [9.17, 15) is 27.2 Å². The van der Waals surface area contributed by atoms with Crippen LogP contribution >= 0.6 is 0 Å². The van der Waals surface area contributed by atoms with Gasteiger partial charge < -0.3 is 10.2 Å². The number of carbonyl (C=O) groups is 2. The van der Waals surface area contributed by atoms with Crippen molar-refractivity contribution in [2.75, 3.05) is 19.6 Å². The Morgan fingerprint density at radius 3 is 2.30 bits per heavy atom. The van der Waals surface area contributed by atoms with Crippen LogP contribution in [0.1, 0.15) is 40.7 Å². The summed E-state index contributed by atoms with van der Waals surface area (Å²) in [4.78, 5) is 27.7. The summed E-state index contributed by atoms with van der Waals surface area (Å²) in [5, 5.41) is 2.18. The molecule has 2 atom stereocenters. The minimum Gasteiger partial charge on any atom is -0.344 e. The van der Waals surface area contributed by atoms with E-state index in [1.165, 1.54) is 18.2 Å². The number of nitrogens with one attached hydrogen (secondary N) is 1. The van der Waals surface area contributed by atoms with Gasteiger partial charge in [0.15, 0.2) is 5.78 Å². The highest BCUT2D eigenvalue weighted by atomic mass is 19.4. The van der Waals surface area contributed by atoms with Crippen LogP contribution < -0.4 is 5.32 Å². The molecule has 1 N–H and O–H groups in total. The molecule has 0 saturated carbocycles. The molecule has 8 heteroatoms. The summed E-state index contributed by atoms with van der Waals surface area (Å²) < 4.78 is 54.5. The van der Waals surface area contributed by atoms with E-state index in [-0.39, 0.29) is 35.8 Å². The number of alkyl halides is 3. The highest BCUT2D eigenvalue weighted by Crippen LogP contribution is 2.37. The second kappa shape index (κ2) is 9.63. The van der Waals surface area contributed by atoms with Crippen LogP contribution in [0, 0.1) is 17.7 Å². The Hall–Kier alpha value is -2.74.